The van der Waals surface area contributed by atoms with E-state index >= 15 is 0 Å². The summed E-state index contributed by atoms with van der Waals surface area (Å²) >= 11 is 0. The van der Waals surface area contributed by atoms with Gasteiger partial charge in [-0.15, -0.1) is 0 Å². The second kappa shape index (κ2) is 5.18. The van der Waals surface area contributed by atoms with E-state index in [1.54, 1.807) is 12.1 Å². The number of hydrogen-bond donors (Lipinski definition) is 2. The van der Waals surface area contributed by atoms with E-state index in [9.17, 15) is 4.79 Å². The number of fused-ring (bicyclic) bond motifs is 2. The Hall–Kier alpha value is -2.27. The Bertz CT molecular complexity index is 709. The maximum Gasteiger partial charge on any atom is 0.287 e. The van der Waals surface area contributed by atoms with Crippen LogP contribution in [-0.2, 0) is 0 Å². The summed E-state index contributed by atoms with van der Waals surface area (Å²) in [7, 11) is 0. The molecule has 22 heavy (non-hydrogen) atoms. The van der Waals surface area contributed by atoms with Crippen LogP contribution in [0.15, 0.2) is 40.8 Å². The monoisotopic (exact) mass is 297 g/mol. The van der Waals surface area contributed by atoms with E-state index in [1.807, 2.05) is 24.3 Å². The Morgan fingerprint density at radius 3 is 2.82 bits per heavy atom. The molecule has 0 radical (unpaired) electrons. The number of rotatable bonds is 3. The van der Waals surface area contributed by atoms with Gasteiger partial charge in [0.25, 0.3) is 5.91 Å². The van der Waals surface area contributed by atoms with Crippen molar-refractivity contribution in [3.05, 3.63) is 42.2 Å². The molecule has 5 heteroatoms. The molecule has 1 amide bonds. The number of carbonyl (C=O) groups excluding carboxylic acids is 1. The molecule has 1 aromatic heterocycles. The number of nitrogen functional groups attached to an aromatic ring is 1. The van der Waals surface area contributed by atoms with Crippen molar-refractivity contribution in [1.82, 2.24) is 10.2 Å². The minimum absolute atomic E-state index is 0.139. The molecule has 2 bridgehead atoms. The number of nitrogens with one attached hydrogen (secondary N) is 1. The van der Waals surface area contributed by atoms with Gasteiger partial charge in [0.15, 0.2) is 5.76 Å². The van der Waals surface area contributed by atoms with Crippen molar-refractivity contribution < 1.29 is 9.21 Å². The van der Waals surface area contributed by atoms with Gasteiger partial charge in [-0.3, -0.25) is 4.79 Å². The van der Waals surface area contributed by atoms with Crippen molar-refractivity contribution in [3.8, 4) is 11.3 Å². The highest BCUT2D eigenvalue weighted by Crippen LogP contribution is 2.29. The number of amides is 1. The summed E-state index contributed by atoms with van der Waals surface area (Å²) in [4.78, 5) is 14.7. The number of piperidine rings is 1. The fourth-order valence-electron chi connectivity index (χ4n) is 3.51. The standard InChI is InChI=1S/C17H19N3O2/c18-13-4-2-1-3-12(13)15-5-6-16(22-15)17(21)19-14-10-20-8-7-11(14)9-20/h1-6,11,14H,7-10,18H2,(H,19,21)/t11-,14?/m0/s1. The summed E-state index contributed by atoms with van der Waals surface area (Å²) in [6, 6.07) is 11.2. The number of nitrogens with zero attached hydrogens (tertiary/aromatic N) is 1. The topological polar surface area (TPSA) is 71.5 Å². The van der Waals surface area contributed by atoms with E-state index in [1.165, 1.54) is 6.42 Å². The number of nitrogens with two attached hydrogens (primary N) is 1. The molecule has 0 spiro atoms. The summed E-state index contributed by atoms with van der Waals surface area (Å²) in [5, 5.41) is 3.10. The first kappa shape index (κ1) is 13.4. The van der Waals surface area contributed by atoms with Gasteiger partial charge in [0.2, 0.25) is 0 Å². The Balaban J connectivity index is 1.49. The van der Waals surface area contributed by atoms with Crippen LogP contribution >= 0.6 is 0 Å². The Kier molecular flexibility index (Phi) is 3.15. The van der Waals surface area contributed by atoms with Crippen LogP contribution in [-0.4, -0.2) is 36.5 Å². The molecular weight excluding hydrogens is 278 g/mol. The fourth-order valence-corrected chi connectivity index (χ4v) is 3.51. The van der Waals surface area contributed by atoms with Gasteiger partial charge < -0.3 is 20.4 Å². The van der Waals surface area contributed by atoms with Crippen molar-refractivity contribution in [3.63, 3.8) is 0 Å². The van der Waals surface area contributed by atoms with Gasteiger partial charge in [0.05, 0.1) is 0 Å². The quantitative estimate of drug-likeness (QED) is 0.850. The van der Waals surface area contributed by atoms with E-state index in [-0.39, 0.29) is 11.9 Å². The van der Waals surface area contributed by atoms with Crippen LogP contribution in [0.1, 0.15) is 17.0 Å². The van der Waals surface area contributed by atoms with E-state index in [2.05, 4.69) is 10.2 Å². The van der Waals surface area contributed by atoms with Gasteiger partial charge in [0.1, 0.15) is 5.76 Å². The summed E-state index contributed by atoms with van der Waals surface area (Å²) in [5.74, 6) is 1.42. The third-order valence-corrected chi connectivity index (χ3v) is 4.71. The highest BCUT2D eigenvalue weighted by Gasteiger charge is 2.38. The summed E-state index contributed by atoms with van der Waals surface area (Å²) < 4.78 is 5.70. The number of furan rings is 1. The lowest BCUT2D eigenvalue weighted by Gasteiger charge is -2.22. The molecule has 5 nitrogen and oxygen atoms in total. The molecule has 0 aliphatic carbocycles. The second-order valence-electron chi connectivity index (χ2n) is 6.14. The van der Waals surface area contributed by atoms with Crippen molar-refractivity contribution >= 4 is 11.6 Å². The van der Waals surface area contributed by atoms with Gasteiger partial charge in [-0.05, 0) is 43.1 Å². The number of benzene rings is 1. The number of para-hydroxylation sites is 1. The van der Waals surface area contributed by atoms with Crippen molar-refractivity contribution in [2.24, 2.45) is 5.92 Å². The minimum Gasteiger partial charge on any atom is -0.451 e. The van der Waals surface area contributed by atoms with Crippen LogP contribution in [0.2, 0.25) is 0 Å². The molecule has 2 unspecified atom stereocenters. The normalized spacial score (nSPS) is 26.3. The molecular formula is C17H19N3O2. The van der Waals surface area contributed by atoms with Crippen molar-refractivity contribution in [1.29, 1.82) is 0 Å². The van der Waals surface area contributed by atoms with Gasteiger partial charge >= 0.3 is 0 Å². The largest absolute Gasteiger partial charge is 0.451 e. The lowest BCUT2D eigenvalue weighted by Crippen LogP contribution is -2.43. The molecule has 2 saturated heterocycles. The van der Waals surface area contributed by atoms with Crippen LogP contribution in [0.3, 0.4) is 0 Å². The molecule has 2 fully saturated rings. The Morgan fingerprint density at radius 1 is 1.23 bits per heavy atom. The molecule has 3 N–H and O–H groups in total. The first-order valence-electron chi connectivity index (χ1n) is 7.68. The molecule has 1 aromatic carbocycles. The summed E-state index contributed by atoms with van der Waals surface area (Å²) in [6.45, 7) is 3.22. The molecule has 2 aliphatic rings. The fraction of sp³-hybridized carbons (Fsp3) is 0.353. The Labute approximate surface area is 129 Å². The maximum atomic E-state index is 12.4. The van der Waals surface area contributed by atoms with Crippen LogP contribution in [0.5, 0.6) is 0 Å². The predicted octanol–water partition coefficient (Wildman–Crippen LogP) is 1.96. The molecule has 2 aromatic rings. The van der Waals surface area contributed by atoms with Gasteiger partial charge in [-0.25, -0.2) is 0 Å². The highest BCUT2D eigenvalue weighted by atomic mass is 16.3. The zero-order valence-corrected chi connectivity index (χ0v) is 12.3. The van der Waals surface area contributed by atoms with Crippen molar-refractivity contribution in [2.75, 3.05) is 25.4 Å². The third kappa shape index (κ3) is 2.27. The molecule has 3 heterocycles. The zero-order valence-electron chi connectivity index (χ0n) is 12.3. The molecule has 3 atom stereocenters. The lowest BCUT2D eigenvalue weighted by atomic mass is 10.00. The van der Waals surface area contributed by atoms with Crippen LogP contribution in [0.25, 0.3) is 11.3 Å². The highest BCUT2D eigenvalue weighted by molar-refractivity contribution is 5.92. The minimum atomic E-state index is -0.139. The van der Waals surface area contributed by atoms with Gasteiger partial charge in [0, 0.05) is 30.4 Å². The first-order chi connectivity index (χ1) is 10.7. The van der Waals surface area contributed by atoms with E-state index in [4.69, 9.17) is 10.2 Å². The number of anilines is 1. The molecule has 0 saturated carbocycles. The average Bonchev–Trinajstić information content (AvgIpc) is 3.24. The van der Waals surface area contributed by atoms with Gasteiger partial charge in [-0.2, -0.15) is 0 Å². The number of hydrogen-bond acceptors (Lipinski definition) is 4. The lowest BCUT2D eigenvalue weighted by molar-refractivity contribution is 0.0897. The van der Waals surface area contributed by atoms with Gasteiger partial charge in [-0.1, -0.05) is 12.1 Å². The average molecular weight is 297 g/mol. The second-order valence-corrected chi connectivity index (χ2v) is 6.14. The van der Waals surface area contributed by atoms with Crippen LogP contribution < -0.4 is 11.1 Å². The van der Waals surface area contributed by atoms with E-state index in [0.29, 0.717) is 23.1 Å². The SMILES string of the molecule is Nc1ccccc1-c1ccc(C(=O)NC2CN3CC[C@H]2C3)o1. The summed E-state index contributed by atoms with van der Waals surface area (Å²) in [5.41, 5.74) is 7.40. The molecule has 4 rings (SSSR count). The van der Waals surface area contributed by atoms with E-state index in [0.717, 1.165) is 25.2 Å². The van der Waals surface area contributed by atoms with Crippen molar-refractivity contribution in [2.45, 2.75) is 12.5 Å². The molecule has 114 valence electrons. The van der Waals surface area contributed by atoms with Crippen LogP contribution in [0.4, 0.5) is 5.69 Å². The predicted molar refractivity (Wildman–Crippen MR) is 84.4 cm³/mol. The third-order valence-electron chi connectivity index (χ3n) is 4.71. The summed E-state index contributed by atoms with van der Waals surface area (Å²) in [6.07, 6.45) is 1.18. The zero-order chi connectivity index (χ0) is 15.1. The Morgan fingerprint density at radius 2 is 2.09 bits per heavy atom. The van der Waals surface area contributed by atoms with E-state index < -0.39 is 0 Å². The molecule has 2 aliphatic heterocycles. The first-order valence-corrected chi connectivity index (χ1v) is 7.68. The number of carbonyl (C=O) groups is 1. The maximum absolute atomic E-state index is 12.4. The van der Waals surface area contributed by atoms with Crippen LogP contribution in [0, 0.1) is 5.92 Å². The smallest absolute Gasteiger partial charge is 0.287 e.